The number of aliphatic carboxylic acids is 1. The molecule has 2 aromatic carbocycles. The number of nitro benzene ring substituents is 1. The van der Waals surface area contributed by atoms with Crippen LogP contribution in [-0.4, -0.2) is 10.9 Å². The Bertz CT molecular complexity index is 625. The van der Waals surface area contributed by atoms with Crippen LogP contribution in [0.2, 0.25) is 0 Å². The predicted molar refractivity (Wildman–Crippen MR) is 71.0 cm³/mol. The molecule has 0 aliphatic rings. The second kappa shape index (κ2) is 5.97. The van der Waals surface area contributed by atoms with Gasteiger partial charge in [0.15, 0.2) is 0 Å². The van der Waals surface area contributed by atoms with Crippen molar-refractivity contribution in [3.8, 4) is 0 Å². The number of nitro groups is 1. The topological polar surface area (TPSA) is 83.3 Å². The molecule has 0 bridgehead atoms. The van der Waals surface area contributed by atoms with Gasteiger partial charge in [0.25, 0.3) is 5.69 Å². The fraction of sp³-hybridized carbons (Fsp3) is 0.133. The highest BCUT2D eigenvalue weighted by Gasteiger charge is 2.22. The predicted octanol–water partition coefficient (Wildman–Crippen LogP) is 1.67. The average molecular weight is 270 g/mol. The van der Waals surface area contributed by atoms with Crippen molar-refractivity contribution >= 4 is 11.7 Å². The van der Waals surface area contributed by atoms with Gasteiger partial charge in [-0.15, -0.1) is 0 Å². The number of benzene rings is 2. The van der Waals surface area contributed by atoms with Crippen LogP contribution >= 0.6 is 0 Å². The molecule has 1 atom stereocenters. The Labute approximate surface area is 115 Å². The van der Waals surface area contributed by atoms with Crippen molar-refractivity contribution in [2.75, 3.05) is 0 Å². The molecule has 0 N–H and O–H groups in total. The number of nitrogens with zero attached hydrogens (tertiary/aromatic N) is 1. The molecule has 0 spiro atoms. The van der Waals surface area contributed by atoms with Gasteiger partial charge in [0, 0.05) is 23.5 Å². The van der Waals surface area contributed by atoms with E-state index in [1.54, 1.807) is 30.3 Å². The van der Waals surface area contributed by atoms with Gasteiger partial charge in [-0.25, -0.2) is 0 Å². The van der Waals surface area contributed by atoms with Gasteiger partial charge in [-0.1, -0.05) is 48.5 Å². The SMILES string of the molecule is O=C([O-])C(Cc1ccccc1)c1ccccc1[N+](=O)[O-]. The zero-order valence-corrected chi connectivity index (χ0v) is 10.6. The minimum atomic E-state index is -1.32. The summed E-state index contributed by atoms with van der Waals surface area (Å²) in [5.41, 5.74) is 0.763. The lowest BCUT2D eigenvalue weighted by atomic mass is 9.91. The summed E-state index contributed by atoms with van der Waals surface area (Å²) in [7, 11) is 0. The van der Waals surface area contributed by atoms with Crippen molar-refractivity contribution < 1.29 is 14.8 Å². The van der Waals surface area contributed by atoms with Gasteiger partial charge < -0.3 is 9.90 Å². The van der Waals surface area contributed by atoms with Crippen LogP contribution in [0.1, 0.15) is 17.0 Å². The molecule has 1 unspecified atom stereocenters. The van der Waals surface area contributed by atoms with Crippen molar-refractivity contribution in [2.45, 2.75) is 12.3 Å². The summed E-state index contributed by atoms with van der Waals surface area (Å²) < 4.78 is 0. The van der Waals surface area contributed by atoms with Crippen molar-refractivity contribution in [2.24, 2.45) is 0 Å². The van der Waals surface area contributed by atoms with Crippen LogP contribution in [0.3, 0.4) is 0 Å². The number of hydrogen-bond acceptors (Lipinski definition) is 4. The van der Waals surface area contributed by atoms with E-state index in [9.17, 15) is 20.0 Å². The first kappa shape index (κ1) is 13.7. The van der Waals surface area contributed by atoms with Gasteiger partial charge in [-0.05, 0) is 12.0 Å². The third-order valence-electron chi connectivity index (χ3n) is 3.08. The third kappa shape index (κ3) is 3.00. The van der Waals surface area contributed by atoms with E-state index in [1.807, 2.05) is 6.07 Å². The largest absolute Gasteiger partial charge is 0.549 e. The molecule has 0 amide bonds. The first-order chi connectivity index (χ1) is 9.59. The Kier molecular flexibility index (Phi) is 4.10. The number of rotatable bonds is 5. The lowest BCUT2D eigenvalue weighted by molar-refractivity contribution is -0.386. The van der Waals surface area contributed by atoms with Gasteiger partial charge in [-0.3, -0.25) is 10.1 Å². The lowest BCUT2D eigenvalue weighted by Gasteiger charge is -2.18. The molecule has 0 saturated carbocycles. The van der Waals surface area contributed by atoms with Gasteiger partial charge in [-0.2, -0.15) is 0 Å². The summed E-state index contributed by atoms with van der Waals surface area (Å²) in [5, 5.41) is 22.3. The Balaban J connectivity index is 2.39. The fourth-order valence-corrected chi connectivity index (χ4v) is 2.12. The Morgan fingerprint density at radius 3 is 2.25 bits per heavy atom. The molecule has 5 nitrogen and oxygen atoms in total. The first-order valence-corrected chi connectivity index (χ1v) is 6.07. The van der Waals surface area contributed by atoms with E-state index in [1.165, 1.54) is 18.2 Å². The van der Waals surface area contributed by atoms with Crippen molar-refractivity contribution in [1.29, 1.82) is 0 Å². The van der Waals surface area contributed by atoms with Crippen LogP contribution in [0.15, 0.2) is 54.6 Å². The highest BCUT2D eigenvalue weighted by Crippen LogP contribution is 2.28. The number of carbonyl (C=O) groups excluding carboxylic acids is 1. The maximum atomic E-state index is 11.3. The van der Waals surface area contributed by atoms with Gasteiger partial charge >= 0.3 is 0 Å². The van der Waals surface area contributed by atoms with Crippen LogP contribution in [0, 0.1) is 10.1 Å². The average Bonchev–Trinajstić information content (AvgIpc) is 2.45. The number of hydrogen-bond donors (Lipinski definition) is 0. The Morgan fingerprint density at radius 1 is 1.05 bits per heavy atom. The Morgan fingerprint density at radius 2 is 1.65 bits per heavy atom. The van der Waals surface area contributed by atoms with Crippen LogP contribution in [0.4, 0.5) is 5.69 Å². The van der Waals surface area contributed by atoms with Crippen molar-refractivity contribution in [3.05, 3.63) is 75.8 Å². The quantitative estimate of drug-likeness (QED) is 0.611. The van der Waals surface area contributed by atoms with E-state index >= 15 is 0 Å². The third-order valence-corrected chi connectivity index (χ3v) is 3.08. The molecule has 20 heavy (non-hydrogen) atoms. The van der Waals surface area contributed by atoms with Crippen molar-refractivity contribution in [1.82, 2.24) is 0 Å². The van der Waals surface area contributed by atoms with Crippen LogP contribution in [0.5, 0.6) is 0 Å². The standard InChI is InChI=1S/C15H13NO4/c17-15(18)13(10-11-6-2-1-3-7-11)12-8-4-5-9-14(12)16(19)20/h1-9,13H,10H2,(H,17,18)/p-1. The number of para-hydroxylation sites is 1. The molecule has 2 aromatic rings. The molecular formula is C15H12NO4-. The smallest absolute Gasteiger partial charge is 0.273 e. The maximum absolute atomic E-state index is 11.3. The van der Waals surface area contributed by atoms with Crippen molar-refractivity contribution in [3.63, 3.8) is 0 Å². The summed E-state index contributed by atoms with van der Waals surface area (Å²) in [6, 6.07) is 14.8. The number of carbonyl (C=O) groups is 1. The molecule has 0 heterocycles. The van der Waals surface area contributed by atoms with Crippen LogP contribution < -0.4 is 5.11 Å². The summed E-state index contributed by atoms with van der Waals surface area (Å²) >= 11 is 0. The van der Waals surface area contributed by atoms with Gasteiger partial charge in [0.05, 0.1) is 4.92 Å². The summed E-state index contributed by atoms with van der Waals surface area (Å²) in [6.07, 6.45) is 0.161. The van der Waals surface area contributed by atoms with E-state index in [4.69, 9.17) is 0 Å². The van der Waals surface area contributed by atoms with Crippen LogP contribution in [-0.2, 0) is 11.2 Å². The molecule has 2 rings (SSSR count). The molecule has 0 aromatic heterocycles. The molecule has 0 aliphatic carbocycles. The molecule has 0 radical (unpaired) electrons. The second-order valence-corrected chi connectivity index (χ2v) is 4.38. The van der Waals surface area contributed by atoms with E-state index < -0.39 is 16.8 Å². The maximum Gasteiger partial charge on any atom is 0.273 e. The van der Waals surface area contributed by atoms with Gasteiger partial charge in [0.2, 0.25) is 0 Å². The normalized spacial score (nSPS) is 11.8. The molecule has 102 valence electrons. The zero-order valence-electron chi connectivity index (χ0n) is 10.6. The van der Waals surface area contributed by atoms with E-state index in [0.29, 0.717) is 0 Å². The fourth-order valence-electron chi connectivity index (χ4n) is 2.12. The van der Waals surface area contributed by atoms with Crippen LogP contribution in [0.25, 0.3) is 0 Å². The second-order valence-electron chi connectivity index (χ2n) is 4.38. The van der Waals surface area contributed by atoms with E-state index in [0.717, 1.165) is 5.56 Å². The first-order valence-electron chi connectivity index (χ1n) is 6.07. The lowest BCUT2D eigenvalue weighted by Crippen LogP contribution is -2.31. The Hall–Kier alpha value is -2.69. The number of carboxylic acid groups (broad SMARTS) is 1. The minimum Gasteiger partial charge on any atom is -0.549 e. The summed E-state index contributed by atoms with van der Waals surface area (Å²) in [6.45, 7) is 0. The molecule has 5 heteroatoms. The summed E-state index contributed by atoms with van der Waals surface area (Å²) in [5.74, 6) is -2.36. The number of carboxylic acids is 1. The van der Waals surface area contributed by atoms with E-state index in [2.05, 4.69) is 0 Å². The highest BCUT2D eigenvalue weighted by molar-refractivity contribution is 5.76. The van der Waals surface area contributed by atoms with Gasteiger partial charge in [0.1, 0.15) is 0 Å². The summed E-state index contributed by atoms with van der Waals surface area (Å²) in [4.78, 5) is 21.8. The molecule has 0 saturated heterocycles. The monoisotopic (exact) mass is 270 g/mol. The zero-order chi connectivity index (χ0) is 14.5. The minimum absolute atomic E-state index is 0.161. The van der Waals surface area contributed by atoms with E-state index in [-0.39, 0.29) is 17.7 Å². The highest BCUT2D eigenvalue weighted by atomic mass is 16.6. The molecule has 0 fully saturated rings. The molecular weight excluding hydrogens is 258 g/mol. The molecule has 0 aliphatic heterocycles.